The molecule has 0 saturated carbocycles. The Morgan fingerprint density at radius 2 is 1.50 bits per heavy atom. The number of aromatic nitrogens is 4. The molecule has 2 aliphatic rings. The number of esters is 1. The number of hydrogen-bond donors (Lipinski definition) is 0. The lowest BCUT2D eigenvalue weighted by Crippen LogP contribution is -2.50. The highest BCUT2D eigenvalue weighted by atomic mass is 16.7. The number of carbonyl (C=O) groups excluding carboxylic acids is 6. The fourth-order valence-electron chi connectivity index (χ4n) is 9.15. The van der Waals surface area contributed by atoms with Crippen LogP contribution in [0.3, 0.4) is 0 Å². The number of carbonyl (C=O) groups is 6. The van der Waals surface area contributed by atoms with Crippen molar-refractivity contribution in [3.8, 4) is 34.4 Å². The molecule has 0 bridgehead atoms. The molecule has 1 aromatic heterocycles. The van der Waals surface area contributed by atoms with E-state index in [2.05, 4.69) is 52.4 Å². The Morgan fingerprint density at radius 1 is 0.750 bits per heavy atom. The molecule has 1 unspecified atom stereocenters. The summed E-state index contributed by atoms with van der Waals surface area (Å²) in [7, 11) is 3.14. The fourth-order valence-corrected chi connectivity index (χ4v) is 9.15. The summed E-state index contributed by atoms with van der Waals surface area (Å²) in [5.74, 6) is -0.882. The van der Waals surface area contributed by atoms with E-state index in [1.807, 2.05) is 32.0 Å². The molecule has 2 saturated heterocycles. The molecule has 5 aromatic rings. The Labute approximate surface area is 442 Å². The number of nitrogens with zero attached hydrogens (tertiary/aromatic N) is 6. The molecular weight excluding hydrogens is 977 g/mol. The number of imide groups is 1. The highest BCUT2D eigenvalue weighted by Crippen LogP contribution is 2.37. The molecule has 19 nitrogen and oxygen atoms in total. The molecule has 2 fully saturated rings. The Hall–Kier alpha value is -7.80. The molecule has 0 N–H and O–H groups in total. The number of likely N-dealkylation sites (tertiary alicyclic amines) is 1. The van der Waals surface area contributed by atoms with E-state index >= 15 is 0 Å². The summed E-state index contributed by atoms with van der Waals surface area (Å²) >= 11 is 0. The van der Waals surface area contributed by atoms with Crippen LogP contribution < -0.4 is 18.9 Å². The second kappa shape index (κ2) is 26.6. The first-order valence-corrected chi connectivity index (χ1v) is 25.7. The van der Waals surface area contributed by atoms with Crippen molar-refractivity contribution in [3.05, 3.63) is 118 Å². The third-order valence-electron chi connectivity index (χ3n) is 13.4. The van der Waals surface area contributed by atoms with E-state index in [4.69, 9.17) is 33.3 Å². The zero-order chi connectivity index (χ0) is 54.3. The third kappa shape index (κ3) is 14.7. The molecule has 7 rings (SSSR count). The maximum absolute atomic E-state index is 14.5. The number of ketones is 1. The van der Waals surface area contributed by atoms with E-state index in [-0.39, 0.29) is 57.0 Å². The zero-order valence-corrected chi connectivity index (χ0v) is 44.2. The molecule has 76 heavy (non-hydrogen) atoms. The third-order valence-corrected chi connectivity index (χ3v) is 13.4. The number of rotatable bonds is 25. The van der Waals surface area contributed by atoms with E-state index in [1.165, 1.54) is 5.56 Å². The number of benzene rings is 4. The fraction of sp³-hybridized carbons (Fsp3) is 0.439. The minimum Gasteiger partial charge on any atom is -0.493 e. The predicted octanol–water partition coefficient (Wildman–Crippen LogP) is 8.12. The van der Waals surface area contributed by atoms with Gasteiger partial charge in [0.15, 0.2) is 29.4 Å². The quantitative estimate of drug-likeness (QED) is 0.0305. The molecule has 0 aliphatic carbocycles. The van der Waals surface area contributed by atoms with Gasteiger partial charge in [0, 0.05) is 37.8 Å². The highest BCUT2D eigenvalue weighted by molar-refractivity contribution is 6.01. The van der Waals surface area contributed by atoms with Crippen LogP contribution in [-0.2, 0) is 49.5 Å². The number of aryl methyl sites for hydroxylation is 5. The van der Waals surface area contributed by atoms with Gasteiger partial charge < -0.3 is 38.2 Å². The molecule has 0 spiro atoms. The van der Waals surface area contributed by atoms with Crippen molar-refractivity contribution < 1.29 is 62.0 Å². The van der Waals surface area contributed by atoms with Gasteiger partial charge in [-0.15, -0.1) is 25.5 Å². The van der Waals surface area contributed by atoms with Crippen molar-refractivity contribution in [1.82, 2.24) is 30.4 Å². The lowest BCUT2D eigenvalue weighted by molar-refractivity contribution is -0.199. The number of hydroxylamine groups is 2. The smallest absolute Gasteiger partial charge is 0.335 e. The van der Waals surface area contributed by atoms with Crippen LogP contribution in [0, 0.1) is 27.7 Å². The van der Waals surface area contributed by atoms with Crippen LogP contribution >= 0.6 is 0 Å². The Morgan fingerprint density at radius 3 is 2.20 bits per heavy atom. The lowest BCUT2D eigenvalue weighted by atomic mass is 9.91. The minimum atomic E-state index is -1.02. The summed E-state index contributed by atoms with van der Waals surface area (Å²) in [6.07, 6.45) is 1.37. The molecule has 2 aliphatic heterocycles. The predicted molar refractivity (Wildman–Crippen MR) is 276 cm³/mol. The SMILES string of the molecule is CC[C@H](C(=O)N1CCCC[C@H]1C(=O)O[C@H](CCc1ccc(C)c(C)c1)c1cccc(OCC(=O)CCC(OCCC(=O)ON2C(=O)CCC2=O)Oc2ccc(-c3nnc(C)nn3)cc2)c1)c1cc(C)c(OC)c(OC)c1. The van der Waals surface area contributed by atoms with Crippen LogP contribution in [0.5, 0.6) is 23.0 Å². The van der Waals surface area contributed by atoms with E-state index in [1.54, 1.807) is 68.5 Å². The van der Waals surface area contributed by atoms with Gasteiger partial charge in [0.25, 0.3) is 11.8 Å². The van der Waals surface area contributed by atoms with Crippen molar-refractivity contribution >= 4 is 35.4 Å². The number of piperidine rings is 1. The van der Waals surface area contributed by atoms with Gasteiger partial charge in [-0.25, -0.2) is 9.59 Å². The van der Waals surface area contributed by atoms with Gasteiger partial charge in [0.2, 0.25) is 11.7 Å². The van der Waals surface area contributed by atoms with Crippen molar-refractivity contribution in [1.29, 1.82) is 0 Å². The van der Waals surface area contributed by atoms with Gasteiger partial charge in [-0.2, -0.15) is 0 Å². The molecular formula is C57H66N6O13. The Balaban J connectivity index is 1.02. The topological polar surface area (TPSA) is 225 Å². The normalized spacial score (nSPS) is 15.6. The first-order valence-electron chi connectivity index (χ1n) is 25.7. The van der Waals surface area contributed by atoms with Crippen LogP contribution in [0.4, 0.5) is 0 Å². The summed E-state index contributed by atoms with van der Waals surface area (Å²) in [4.78, 5) is 85.7. The molecule has 402 valence electrons. The molecule has 19 heteroatoms. The molecule has 3 heterocycles. The van der Waals surface area contributed by atoms with Crippen molar-refractivity contribution in [2.45, 2.75) is 130 Å². The van der Waals surface area contributed by atoms with Crippen LogP contribution in [0.1, 0.15) is 122 Å². The van der Waals surface area contributed by atoms with E-state index in [0.717, 1.165) is 35.1 Å². The van der Waals surface area contributed by atoms with Crippen molar-refractivity contribution in [3.63, 3.8) is 0 Å². The Kier molecular flexibility index (Phi) is 19.6. The van der Waals surface area contributed by atoms with E-state index < -0.39 is 48.1 Å². The van der Waals surface area contributed by atoms with Crippen LogP contribution in [0.25, 0.3) is 11.4 Å². The minimum absolute atomic E-state index is 0.0401. The molecule has 4 atom stereocenters. The first-order chi connectivity index (χ1) is 36.6. The second-order valence-electron chi connectivity index (χ2n) is 18.9. The lowest BCUT2D eigenvalue weighted by Gasteiger charge is -2.37. The highest BCUT2D eigenvalue weighted by Gasteiger charge is 2.38. The number of ether oxygens (including phenoxy) is 6. The zero-order valence-electron chi connectivity index (χ0n) is 44.2. The summed E-state index contributed by atoms with van der Waals surface area (Å²) in [6, 6.07) is 23.1. The van der Waals surface area contributed by atoms with Crippen molar-refractivity contribution in [2.24, 2.45) is 0 Å². The summed E-state index contributed by atoms with van der Waals surface area (Å²) in [6.45, 7) is 9.55. The van der Waals surface area contributed by atoms with Gasteiger partial charge >= 0.3 is 11.9 Å². The van der Waals surface area contributed by atoms with Gasteiger partial charge in [0.05, 0.1) is 33.2 Å². The van der Waals surface area contributed by atoms with Crippen LogP contribution in [0.2, 0.25) is 0 Å². The maximum Gasteiger partial charge on any atom is 0.335 e. The standard InChI is InChI=1S/C57H66N6O13/c1-8-46(42-31-37(4)54(71-7)49(33-42)70-6)56(68)62-28-10-9-14-47(62)57(69)75-48(23-17-39-16-15-35(2)36(3)30-39)41-12-11-13-45(32-41)73-34-43(64)20-26-53(72-29-27-52(67)76-63-50(65)24-25-51(63)66)74-44-21-18-40(19-22-44)55-60-58-38(5)59-61-55/h11-13,15-16,18-19,21-22,30-33,46-48,53H,8-10,14,17,20,23-29,34H2,1-7H3/t46-,47-,48+,53?/m0/s1. The number of Topliss-reactive ketones (excluding diaryl/α,β-unsaturated/α-hetero) is 1. The number of methoxy groups -OCH3 is 2. The summed E-state index contributed by atoms with van der Waals surface area (Å²) < 4.78 is 35.7. The van der Waals surface area contributed by atoms with Gasteiger partial charge in [-0.05, 0) is 142 Å². The number of hydrogen-bond acceptors (Lipinski definition) is 17. The average molecular weight is 1040 g/mol. The average Bonchev–Trinajstić information content (AvgIpc) is 3.75. The van der Waals surface area contributed by atoms with E-state index in [9.17, 15) is 28.8 Å². The van der Waals surface area contributed by atoms with Crippen molar-refractivity contribution in [2.75, 3.05) is 34.0 Å². The summed E-state index contributed by atoms with van der Waals surface area (Å²) in [5, 5.41) is 16.5. The van der Waals surface area contributed by atoms with E-state index in [0.29, 0.717) is 83.1 Å². The second-order valence-corrected chi connectivity index (χ2v) is 18.9. The van der Waals surface area contributed by atoms with Gasteiger partial charge in [-0.1, -0.05) is 43.3 Å². The van der Waals surface area contributed by atoms with Crippen LogP contribution in [-0.4, -0.2) is 112 Å². The first kappa shape index (κ1) is 55.9. The molecule has 4 aromatic carbocycles. The van der Waals surface area contributed by atoms with Crippen LogP contribution in [0.15, 0.2) is 78.9 Å². The van der Waals surface area contributed by atoms with Gasteiger partial charge in [-0.3, -0.25) is 19.2 Å². The largest absolute Gasteiger partial charge is 0.493 e. The molecule has 3 amide bonds. The Bertz CT molecular complexity index is 2840. The maximum atomic E-state index is 14.5. The molecule has 0 radical (unpaired) electrons. The summed E-state index contributed by atoms with van der Waals surface area (Å²) in [5.41, 5.74) is 6.31. The number of amides is 3. The van der Waals surface area contributed by atoms with Gasteiger partial charge in [0.1, 0.15) is 30.3 Å². The monoisotopic (exact) mass is 1040 g/mol.